The first-order valence-electron chi connectivity index (χ1n) is 6.62. The molecular weight excluding hydrogens is 256 g/mol. The monoisotopic (exact) mass is 274 g/mol. The van der Waals surface area contributed by atoms with Crippen LogP contribution in [0.2, 0.25) is 0 Å². The Balaban J connectivity index is 2.28. The number of aromatic nitrogens is 1. The van der Waals surface area contributed by atoms with Crippen LogP contribution in [0.4, 0.5) is 5.69 Å². The highest BCUT2D eigenvalue weighted by Gasteiger charge is 2.13. The Kier molecular flexibility index (Phi) is 4.53. The number of carbonyl (C=O) groups is 1. The number of aliphatic hydroxyl groups excluding tert-OH is 1. The van der Waals surface area contributed by atoms with Crippen LogP contribution in [0.5, 0.6) is 0 Å². The molecule has 20 heavy (non-hydrogen) atoms. The van der Waals surface area contributed by atoms with E-state index in [0.717, 1.165) is 17.3 Å². The van der Waals surface area contributed by atoms with Crippen LogP contribution in [0.25, 0.3) is 10.9 Å². The van der Waals surface area contributed by atoms with Crippen molar-refractivity contribution in [2.24, 2.45) is 0 Å². The minimum Gasteiger partial charge on any atom is -0.478 e. The lowest BCUT2D eigenvalue weighted by atomic mass is 10.1. The fraction of sp³-hybridized carbons (Fsp3) is 0.333. The van der Waals surface area contributed by atoms with Crippen molar-refractivity contribution >= 4 is 22.6 Å². The van der Waals surface area contributed by atoms with E-state index in [1.54, 1.807) is 6.92 Å². The number of nitrogens with zero attached hydrogens (tertiary/aromatic N) is 1. The van der Waals surface area contributed by atoms with Gasteiger partial charge in [-0.15, -0.1) is 0 Å². The van der Waals surface area contributed by atoms with E-state index in [-0.39, 0.29) is 11.7 Å². The molecule has 2 rings (SSSR count). The van der Waals surface area contributed by atoms with Crippen LogP contribution in [-0.2, 0) is 0 Å². The summed E-state index contributed by atoms with van der Waals surface area (Å²) in [6.45, 7) is 2.35. The third-order valence-electron chi connectivity index (χ3n) is 3.11. The van der Waals surface area contributed by atoms with Crippen molar-refractivity contribution in [3.8, 4) is 0 Å². The minimum absolute atomic E-state index is 0.167. The molecule has 0 amide bonds. The highest BCUT2D eigenvalue weighted by molar-refractivity contribution is 6.04. The normalized spacial score (nSPS) is 12.3. The summed E-state index contributed by atoms with van der Waals surface area (Å²) in [7, 11) is 0. The topological polar surface area (TPSA) is 82.5 Å². The zero-order valence-corrected chi connectivity index (χ0v) is 11.3. The standard InChI is InChI=1S/C15H18N2O3/c1-10(18)5-4-8-16-14-11-6-2-3-7-13(11)17-9-12(14)15(19)20/h2-3,6-7,9-10,18H,4-5,8H2,1H3,(H,16,17)(H,19,20). The van der Waals surface area contributed by atoms with Gasteiger partial charge < -0.3 is 15.5 Å². The van der Waals surface area contributed by atoms with Gasteiger partial charge in [0, 0.05) is 18.1 Å². The number of rotatable bonds is 6. The number of fused-ring (bicyclic) bond motifs is 1. The summed E-state index contributed by atoms with van der Waals surface area (Å²) in [6.07, 6.45) is 2.48. The lowest BCUT2D eigenvalue weighted by Crippen LogP contribution is -2.11. The van der Waals surface area contributed by atoms with Gasteiger partial charge in [-0.2, -0.15) is 0 Å². The summed E-state index contributed by atoms with van der Waals surface area (Å²) in [5, 5.41) is 22.4. The van der Waals surface area contributed by atoms with Gasteiger partial charge in [0.05, 0.1) is 17.3 Å². The molecule has 0 bridgehead atoms. The van der Waals surface area contributed by atoms with Gasteiger partial charge in [-0.05, 0) is 25.8 Å². The van der Waals surface area contributed by atoms with Gasteiger partial charge >= 0.3 is 5.97 Å². The van der Waals surface area contributed by atoms with Crippen molar-refractivity contribution in [1.82, 2.24) is 4.98 Å². The summed E-state index contributed by atoms with van der Waals surface area (Å²) in [6, 6.07) is 7.43. The Morgan fingerprint density at radius 2 is 2.15 bits per heavy atom. The number of para-hydroxylation sites is 1. The largest absolute Gasteiger partial charge is 0.478 e. The Hall–Kier alpha value is -2.14. The Bertz CT molecular complexity index is 611. The molecule has 0 aliphatic heterocycles. The Morgan fingerprint density at radius 3 is 2.85 bits per heavy atom. The van der Waals surface area contributed by atoms with E-state index in [1.807, 2.05) is 24.3 Å². The van der Waals surface area contributed by atoms with Gasteiger partial charge in [0.2, 0.25) is 0 Å². The van der Waals surface area contributed by atoms with E-state index in [4.69, 9.17) is 0 Å². The summed E-state index contributed by atoms with van der Waals surface area (Å²) in [5.74, 6) is -0.999. The summed E-state index contributed by atoms with van der Waals surface area (Å²) in [4.78, 5) is 15.4. The summed E-state index contributed by atoms with van der Waals surface area (Å²) < 4.78 is 0. The van der Waals surface area contributed by atoms with E-state index in [1.165, 1.54) is 6.20 Å². The van der Waals surface area contributed by atoms with Gasteiger partial charge in [-0.3, -0.25) is 4.98 Å². The lowest BCUT2D eigenvalue weighted by molar-refractivity contribution is 0.0697. The SMILES string of the molecule is CC(O)CCCNc1c(C(=O)O)cnc2ccccc12. The molecule has 0 aliphatic rings. The van der Waals surface area contributed by atoms with Crippen LogP contribution in [0.15, 0.2) is 30.5 Å². The first-order valence-corrected chi connectivity index (χ1v) is 6.62. The molecule has 0 fully saturated rings. The maximum Gasteiger partial charge on any atom is 0.339 e. The molecule has 1 heterocycles. The van der Waals surface area contributed by atoms with Gasteiger partial charge in [0.1, 0.15) is 5.56 Å². The quantitative estimate of drug-likeness (QED) is 0.705. The fourth-order valence-electron chi connectivity index (χ4n) is 2.10. The zero-order chi connectivity index (χ0) is 14.5. The lowest BCUT2D eigenvalue weighted by Gasteiger charge is -2.13. The van der Waals surface area contributed by atoms with Gasteiger partial charge in [-0.25, -0.2) is 4.79 Å². The molecule has 1 atom stereocenters. The smallest absolute Gasteiger partial charge is 0.339 e. The number of aromatic carboxylic acids is 1. The average molecular weight is 274 g/mol. The molecular formula is C15H18N2O3. The second-order valence-corrected chi connectivity index (χ2v) is 4.79. The van der Waals surface area contributed by atoms with Gasteiger partial charge in [0.25, 0.3) is 0 Å². The van der Waals surface area contributed by atoms with Crippen molar-refractivity contribution in [1.29, 1.82) is 0 Å². The summed E-state index contributed by atoms with van der Waals surface area (Å²) >= 11 is 0. The maximum atomic E-state index is 11.3. The molecule has 1 unspecified atom stereocenters. The molecule has 5 nitrogen and oxygen atoms in total. The molecule has 2 aromatic rings. The zero-order valence-electron chi connectivity index (χ0n) is 11.3. The number of benzene rings is 1. The predicted octanol–water partition coefficient (Wildman–Crippen LogP) is 2.51. The molecule has 3 N–H and O–H groups in total. The molecule has 5 heteroatoms. The number of hydrogen-bond donors (Lipinski definition) is 3. The van der Waals surface area contributed by atoms with E-state index in [0.29, 0.717) is 18.7 Å². The maximum absolute atomic E-state index is 11.3. The van der Waals surface area contributed by atoms with Crippen LogP contribution in [0.1, 0.15) is 30.1 Å². The summed E-state index contributed by atoms with van der Waals surface area (Å²) in [5.41, 5.74) is 1.52. The van der Waals surface area contributed by atoms with Crippen LogP contribution >= 0.6 is 0 Å². The highest BCUT2D eigenvalue weighted by Crippen LogP contribution is 2.25. The van der Waals surface area contributed by atoms with Gasteiger partial charge in [0.15, 0.2) is 0 Å². The second kappa shape index (κ2) is 6.34. The number of nitrogens with one attached hydrogen (secondary N) is 1. The molecule has 1 aromatic heterocycles. The van der Waals surface area contributed by atoms with E-state index in [9.17, 15) is 15.0 Å². The molecule has 0 saturated heterocycles. The van der Waals surface area contributed by atoms with Crippen LogP contribution in [-0.4, -0.2) is 33.8 Å². The minimum atomic E-state index is -0.999. The first-order chi connectivity index (χ1) is 9.59. The number of aliphatic hydroxyl groups is 1. The molecule has 0 radical (unpaired) electrons. The van der Waals surface area contributed by atoms with Crippen molar-refractivity contribution in [3.05, 3.63) is 36.0 Å². The number of carboxylic acids is 1. The second-order valence-electron chi connectivity index (χ2n) is 4.79. The molecule has 1 aromatic carbocycles. The molecule has 0 spiro atoms. The number of anilines is 1. The molecule has 106 valence electrons. The number of pyridine rings is 1. The third-order valence-corrected chi connectivity index (χ3v) is 3.11. The van der Waals surface area contributed by atoms with Crippen molar-refractivity contribution in [2.75, 3.05) is 11.9 Å². The van der Waals surface area contributed by atoms with E-state index < -0.39 is 5.97 Å². The van der Waals surface area contributed by atoms with Crippen LogP contribution in [0.3, 0.4) is 0 Å². The van der Waals surface area contributed by atoms with Crippen LogP contribution in [0, 0.1) is 0 Å². The third kappa shape index (κ3) is 3.24. The predicted molar refractivity (Wildman–Crippen MR) is 78.1 cm³/mol. The first kappa shape index (κ1) is 14.3. The van der Waals surface area contributed by atoms with Crippen molar-refractivity contribution in [3.63, 3.8) is 0 Å². The molecule has 0 saturated carbocycles. The number of carboxylic acid groups (broad SMARTS) is 1. The van der Waals surface area contributed by atoms with Crippen molar-refractivity contribution < 1.29 is 15.0 Å². The van der Waals surface area contributed by atoms with Crippen molar-refractivity contribution in [2.45, 2.75) is 25.9 Å². The Morgan fingerprint density at radius 1 is 1.40 bits per heavy atom. The average Bonchev–Trinajstić information content (AvgIpc) is 2.42. The molecule has 0 aliphatic carbocycles. The van der Waals surface area contributed by atoms with Crippen LogP contribution < -0.4 is 5.32 Å². The fourth-order valence-corrected chi connectivity index (χ4v) is 2.10. The van der Waals surface area contributed by atoms with Gasteiger partial charge in [-0.1, -0.05) is 18.2 Å². The highest BCUT2D eigenvalue weighted by atomic mass is 16.4. The van der Waals surface area contributed by atoms with E-state index in [2.05, 4.69) is 10.3 Å². The van der Waals surface area contributed by atoms with E-state index >= 15 is 0 Å². The number of hydrogen-bond acceptors (Lipinski definition) is 4. The Labute approximate surface area is 117 Å².